The van der Waals surface area contributed by atoms with Crippen LogP contribution in [0.4, 0.5) is 0 Å². The lowest BCUT2D eigenvalue weighted by Crippen LogP contribution is -2.31. The van der Waals surface area contributed by atoms with Gasteiger partial charge in [-0.15, -0.1) is 0 Å². The third-order valence-electron chi connectivity index (χ3n) is 5.24. The molecule has 2 aliphatic rings. The van der Waals surface area contributed by atoms with Gasteiger partial charge < -0.3 is 5.11 Å². The molecule has 1 N–H and O–H groups in total. The van der Waals surface area contributed by atoms with Crippen molar-refractivity contribution in [3.8, 4) is 0 Å². The molecule has 0 aromatic heterocycles. The van der Waals surface area contributed by atoms with E-state index < -0.39 is 0 Å². The average molecular weight is 270 g/mol. The fourth-order valence-corrected chi connectivity index (χ4v) is 4.95. The second kappa shape index (κ2) is 7.19. The van der Waals surface area contributed by atoms with Gasteiger partial charge in [-0.3, -0.25) is 0 Å². The lowest BCUT2D eigenvalue weighted by Gasteiger charge is -2.35. The molecule has 0 heterocycles. The van der Waals surface area contributed by atoms with Crippen molar-refractivity contribution >= 4 is 11.8 Å². The van der Waals surface area contributed by atoms with Crippen LogP contribution >= 0.6 is 11.8 Å². The number of hydrogen-bond acceptors (Lipinski definition) is 2. The number of rotatable bonds is 4. The second-order valence-corrected chi connectivity index (χ2v) is 8.02. The monoisotopic (exact) mass is 270 g/mol. The van der Waals surface area contributed by atoms with Gasteiger partial charge in [-0.1, -0.05) is 39.5 Å². The molecule has 106 valence electrons. The maximum absolute atomic E-state index is 10.4. The molecule has 0 bridgehead atoms. The first-order valence-electron chi connectivity index (χ1n) is 7.96. The van der Waals surface area contributed by atoms with Crippen molar-refractivity contribution in [3.63, 3.8) is 0 Å². The van der Waals surface area contributed by atoms with Crippen LogP contribution in [0.2, 0.25) is 0 Å². The number of aliphatic hydroxyl groups excluding tert-OH is 1. The molecule has 2 aliphatic carbocycles. The van der Waals surface area contributed by atoms with E-state index in [4.69, 9.17) is 0 Å². The topological polar surface area (TPSA) is 20.2 Å². The van der Waals surface area contributed by atoms with Gasteiger partial charge in [-0.05, 0) is 43.4 Å². The summed E-state index contributed by atoms with van der Waals surface area (Å²) in [5, 5.41) is 11.2. The highest BCUT2D eigenvalue weighted by Crippen LogP contribution is 2.37. The van der Waals surface area contributed by atoms with Crippen LogP contribution < -0.4 is 0 Å². The van der Waals surface area contributed by atoms with Gasteiger partial charge in [0.1, 0.15) is 0 Å². The highest BCUT2D eigenvalue weighted by Gasteiger charge is 2.29. The second-order valence-electron chi connectivity index (χ2n) is 6.69. The lowest BCUT2D eigenvalue weighted by molar-refractivity contribution is 0.0728. The molecule has 2 heteroatoms. The Morgan fingerprint density at radius 3 is 2.39 bits per heavy atom. The molecular formula is C16H30OS. The summed E-state index contributed by atoms with van der Waals surface area (Å²) < 4.78 is 0. The maximum atomic E-state index is 10.4. The molecule has 0 aromatic rings. The van der Waals surface area contributed by atoms with Crippen molar-refractivity contribution in [1.82, 2.24) is 0 Å². The first kappa shape index (κ1) is 14.7. The van der Waals surface area contributed by atoms with E-state index in [1.165, 1.54) is 51.4 Å². The summed E-state index contributed by atoms with van der Waals surface area (Å²) >= 11 is 2.05. The molecule has 18 heavy (non-hydrogen) atoms. The van der Waals surface area contributed by atoms with Gasteiger partial charge in [-0.25, -0.2) is 0 Å². The molecule has 1 nitrogen and oxygen atoms in total. The van der Waals surface area contributed by atoms with Crippen molar-refractivity contribution in [2.24, 2.45) is 17.8 Å². The minimum absolute atomic E-state index is 0.0492. The van der Waals surface area contributed by atoms with Crippen LogP contribution in [0.5, 0.6) is 0 Å². The van der Waals surface area contributed by atoms with Crippen molar-refractivity contribution < 1.29 is 5.11 Å². The summed E-state index contributed by atoms with van der Waals surface area (Å²) in [6.07, 6.45) is 10.8. The van der Waals surface area contributed by atoms with Gasteiger partial charge >= 0.3 is 0 Å². The van der Waals surface area contributed by atoms with E-state index in [1.807, 2.05) is 0 Å². The molecule has 4 atom stereocenters. The number of hydrogen-bond donors (Lipinski definition) is 1. The summed E-state index contributed by atoms with van der Waals surface area (Å²) in [5.41, 5.74) is 0. The van der Waals surface area contributed by atoms with E-state index in [0.29, 0.717) is 5.92 Å². The minimum atomic E-state index is -0.0492. The summed E-state index contributed by atoms with van der Waals surface area (Å²) in [5.74, 6) is 3.22. The minimum Gasteiger partial charge on any atom is -0.392 e. The van der Waals surface area contributed by atoms with Crippen LogP contribution in [0, 0.1) is 17.8 Å². The van der Waals surface area contributed by atoms with Gasteiger partial charge in [0.05, 0.1) is 6.10 Å². The molecule has 0 spiro atoms. The van der Waals surface area contributed by atoms with Crippen LogP contribution in [0.3, 0.4) is 0 Å². The molecule has 0 aliphatic heterocycles. The smallest absolute Gasteiger partial charge is 0.0658 e. The largest absolute Gasteiger partial charge is 0.392 e. The normalized spacial score (nSPS) is 36.5. The molecule has 0 amide bonds. The summed E-state index contributed by atoms with van der Waals surface area (Å²) in [6, 6.07) is 0. The van der Waals surface area contributed by atoms with E-state index in [2.05, 4.69) is 25.6 Å². The molecule has 2 saturated carbocycles. The van der Waals surface area contributed by atoms with Crippen molar-refractivity contribution in [1.29, 1.82) is 0 Å². The quantitative estimate of drug-likeness (QED) is 0.812. The first-order valence-corrected chi connectivity index (χ1v) is 9.01. The fraction of sp³-hybridized carbons (Fsp3) is 1.00. The Hall–Kier alpha value is 0.310. The molecular weight excluding hydrogens is 240 g/mol. The Bertz CT molecular complexity index is 237. The summed E-state index contributed by atoms with van der Waals surface area (Å²) in [4.78, 5) is 0. The molecule has 0 aromatic carbocycles. The maximum Gasteiger partial charge on any atom is 0.0658 e. The van der Waals surface area contributed by atoms with Crippen LogP contribution in [-0.2, 0) is 0 Å². The van der Waals surface area contributed by atoms with Crippen LogP contribution in [-0.4, -0.2) is 22.2 Å². The first-order chi connectivity index (χ1) is 8.66. The number of thioether (sulfide) groups is 1. The van der Waals surface area contributed by atoms with E-state index in [9.17, 15) is 5.11 Å². The van der Waals surface area contributed by atoms with E-state index in [1.54, 1.807) is 0 Å². The molecule has 2 rings (SSSR count). The van der Waals surface area contributed by atoms with Gasteiger partial charge in [-0.2, -0.15) is 11.8 Å². The van der Waals surface area contributed by atoms with Gasteiger partial charge in [0.15, 0.2) is 0 Å². The Balaban J connectivity index is 1.69. The highest BCUT2D eigenvalue weighted by molar-refractivity contribution is 7.99. The molecule has 0 radical (unpaired) electrons. The van der Waals surface area contributed by atoms with Crippen molar-refractivity contribution in [3.05, 3.63) is 0 Å². The van der Waals surface area contributed by atoms with Gasteiger partial charge in [0.25, 0.3) is 0 Å². The Morgan fingerprint density at radius 1 is 1.00 bits per heavy atom. The SMILES string of the molecule is CC1CCC(C(O)CSC2CCCCC2)CC1C. The summed E-state index contributed by atoms with van der Waals surface area (Å²) in [7, 11) is 0. The van der Waals surface area contributed by atoms with Gasteiger partial charge in [0, 0.05) is 11.0 Å². The Kier molecular flexibility index (Phi) is 5.88. The standard InChI is InChI=1S/C16H30OS/c1-12-8-9-14(10-13(12)2)16(17)11-18-15-6-4-3-5-7-15/h12-17H,3-11H2,1-2H3. The third kappa shape index (κ3) is 4.16. The molecule has 0 saturated heterocycles. The summed E-state index contributed by atoms with van der Waals surface area (Å²) in [6.45, 7) is 4.72. The van der Waals surface area contributed by atoms with Crippen LogP contribution in [0.15, 0.2) is 0 Å². The fourth-order valence-electron chi connectivity index (χ4n) is 3.54. The van der Waals surface area contributed by atoms with Crippen molar-refractivity contribution in [2.45, 2.75) is 76.6 Å². The Labute approximate surface area is 117 Å². The van der Waals surface area contributed by atoms with Crippen molar-refractivity contribution in [2.75, 3.05) is 5.75 Å². The lowest BCUT2D eigenvalue weighted by atomic mass is 9.74. The van der Waals surface area contributed by atoms with E-state index in [0.717, 1.165) is 22.8 Å². The zero-order valence-electron chi connectivity index (χ0n) is 12.1. The number of aliphatic hydroxyl groups is 1. The van der Waals surface area contributed by atoms with Gasteiger partial charge in [0.2, 0.25) is 0 Å². The highest BCUT2D eigenvalue weighted by atomic mass is 32.2. The third-order valence-corrected chi connectivity index (χ3v) is 6.71. The van der Waals surface area contributed by atoms with E-state index >= 15 is 0 Å². The molecule has 2 fully saturated rings. The van der Waals surface area contributed by atoms with E-state index in [-0.39, 0.29) is 6.10 Å². The van der Waals surface area contributed by atoms with Crippen LogP contribution in [0.25, 0.3) is 0 Å². The zero-order valence-corrected chi connectivity index (χ0v) is 12.9. The van der Waals surface area contributed by atoms with Crippen LogP contribution in [0.1, 0.15) is 65.2 Å². The molecule has 4 unspecified atom stereocenters. The average Bonchev–Trinajstić information content (AvgIpc) is 2.40. The predicted octanol–water partition coefficient (Wildman–Crippen LogP) is 4.49. The zero-order chi connectivity index (χ0) is 13.0. The Morgan fingerprint density at radius 2 is 1.72 bits per heavy atom. The predicted molar refractivity (Wildman–Crippen MR) is 81.0 cm³/mol.